The second-order valence-corrected chi connectivity index (χ2v) is 5.41. The normalized spacial score (nSPS) is 15.7. The number of nitrogens with zero attached hydrogens (tertiary/aromatic N) is 3. The molecule has 0 N–H and O–H groups in total. The van der Waals surface area contributed by atoms with Gasteiger partial charge in [-0.05, 0) is 12.8 Å². The zero-order valence-electron chi connectivity index (χ0n) is 12.9. The van der Waals surface area contributed by atoms with Gasteiger partial charge in [0.05, 0.1) is 0 Å². The number of rotatable bonds is 7. The summed E-state index contributed by atoms with van der Waals surface area (Å²) in [6.07, 6.45) is 3.50. The van der Waals surface area contributed by atoms with Crippen molar-refractivity contribution >= 4 is 23.8 Å². The van der Waals surface area contributed by atoms with Gasteiger partial charge in [0.1, 0.15) is 6.42 Å². The van der Waals surface area contributed by atoms with Gasteiger partial charge in [0.25, 0.3) is 0 Å². The molecule has 21 heavy (non-hydrogen) atoms. The molecule has 0 aromatic rings. The zero-order chi connectivity index (χ0) is 16.0. The molecule has 7 heteroatoms. The van der Waals surface area contributed by atoms with Crippen LogP contribution in [0.3, 0.4) is 0 Å². The minimum absolute atomic E-state index is 0.108. The van der Waals surface area contributed by atoms with Gasteiger partial charge in [0, 0.05) is 34.1 Å². The summed E-state index contributed by atoms with van der Waals surface area (Å²) in [5.74, 6) is -0.772. The molecule has 1 rings (SSSR count). The molecule has 0 atom stereocenters. The molecule has 1 heterocycles. The van der Waals surface area contributed by atoms with Gasteiger partial charge in [0.15, 0.2) is 0 Å². The third kappa shape index (κ3) is 4.84. The molecule has 0 aromatic carbocycles. The Bertz CT molecular complexity index is 434. The summed E-state index contributed by atoms with van der Waals surface area (Å²) in [6.45, 7) is 0.330. The molecule has 0 bridgehead atoms. The first kappa shape index (κ1) is 17.1. The number of hydrogen-bond acceptors (Lipinski definition) is 4. The van der Waals surface area contributed by atoms with Gasteiger partial charge in [-0.25, -0.2) is 4.79 Å². The number of unbranched alkanes of at least 4 members (excludes halogenated alkanes) is 3. The van der Waals surface area contributed by atoms with Gasteiger partial charge < -0.3 is 4.90 Å². The minimum Gasteiger partial charge on any atom is -0.349 e. The lowest BCUT2D eigenvalue weighted by atomic mass is 10.1. The molecule has 118 valence electrons. The predicted octanol–water partition coefficient (Wildman–Crippen LogP) is 0.836. The molecule has 1 aliphatic rings. The molecule has 0 aliphatic carbocycles. The fourth-order valence-electron chi connectivity index (χ4n) is 2.08. The maximum atomic E-state index is 11.8. The van der Waals surface area contributed by atoms with E-state index in [0.29, 0.717) is 19.4 Å². The number of urea groups is 1. The molecular weight excluding hydrogens is 274 g/mol. The molecule has 1 aliphatic heterocycles. The standard InChI is InChI=1S/C14H23N3O4/c1-15(2)11(18)8-6-4-5-7-9-17-13(20)10-12(19)16(3)14(17)21/h4-10H2,1-3H3. The Labute approximate surface area is 124 Å². The van der Waals surface area contributed by atoms with Crippen LogP contribution in [0, 0.1) is 0 Å². The van der Waals surface area contributed by atoms with Crippen LogP contribution in [0.25, 0.3) is 0 Å². The van der Waals surface area contributed by atoms with Crippen LogP contribution in [0.15, 0.2) is 0 Å². The van der Waals surface area contributed by atoms with E-state index in [1.165, 1.54) is 7.05 Å². The molecule has 7 nitrogen and oxygen atoms in total. The highest BCUT2D eigenvalue weighted by Gasteiger charge is 2.34. The van der Waals surface area contributed by atoms with Crippen molar-refractivity contribution in [2.45, 2.75) is 38.5 Å². The first-order valence-corrected chi connectivity index (χ1v) is 7.15. The summed E-state index contributed by atoms with van der Waals surface area (Å²) in [5, 5.41) is 0. The zero-order valence-corrected chi connectivity index (χ0v) is 12.9. The topological polar surface area (TPSA) is 78.0 Å². The number of amides is 5. The summed E-state index contributed by atoms with van der Waals surface area (Å²) in [7, 11) is 4.85. The summed E-state index contributed by atoms with van der Waals surface area (Å²) in [5.41, 5.74) is 0. The van der Waals surface area contributed by atoms with Gasteiger partial charge in [-0.2, -0.15) is 0 Å². The van der Waals surface area contributed by atoms with E-state index in [-0.39, 0.29) is 12.3 Å². The number of carbonyl (C=O) groups excluding carboxylic acids is 4. The Balaban J connectivity index is 2.23. The largest absolute Gasteiger partial charge is 0.349 e. The van der Waals surface area contributed by atoms with Crippen molar-refractivity contribution in [2.24, 2.45) is 0 Å². The van der Waals surface area contributed by atoms with Gasteiger partial charge in [-0.15, -0.1) is 0 Å². The molecular formula is C14H23N3O4. The van der Waals surface area contributed by atoms with Crippen molar-refractivity contribution in [2.75, 3.05) is 27.7 Å². The van der Waals surface area contributed by atoms with Crippen LogP contribution < -0.4 is 0 Å². The molecule has 1 fully saturated rings. The highest BCUT2D eigenvalue weighted by Crippen LogP contribution is 2.12. The van der Waals surface area contributed by atoms with Gasteiger partial charge in [-0.3, -0.25) is 24.2 Å². The quantitative estimate of drug-likeness (QED) is 0.515. The first-order chi connectivity index (χ1) is 9.84. The summed E-state index contributed by atoms with van der Waals surface area (Å²) in [6, 6.07) is -0.543. The Morgan fingerprint density at radius 1 is 1.05 bits per heavy atom. The van der Waals surface area contributed by atoms with E-state index in [9.17, 15) is 19.2 Å². The lowest BCUT2D eigenvalue weighted by molar-refractivity contribution is -0.141. The molecule has 0 unspecified atom stereocenters. The van der Waals surface area contributed by atoms with Crippen molar-refractivity contribution in [1.29, 1.82) is 0 Å². The smallest absolute Gasteiger partial charge is 0.333 e. The van der Waals surface area contributed by atoms with Crippen LogP contribution in [0.5, 0.6) is 0 Å². The van der Waals surface area contributed by atoms with Gasteiger partial charge in [0.2, 0.25) is 17.7 Å². The van der Waals surface area contributed by atoms with Crippen molar-refractivity contribution in [3.05, 3.63) is 0 Å². The molecule has 0 saturated carbocycles. The highest BCUT2D eigenvalue weighted by molar-refractivity contribution is 6.13. The number of carbonyl (C=O) groups is 4. The van der Waals surface area contributed by atoms with Crippen LogP contribution in [0.4, 0.5) is 4.79 Å². The van der Waals surface area contributed by atoms with Crippen molar-refractivity contribution < 1.29 is 19.2 Å². The second-order valence-electron chi connectivity index (χ2n) is 5.41. The molecule has 5 amide bonds. The van der Waals surface area contributed by atoms with Crippen LogP contribution >= 0.6 is 0 Å². The Morgan fingerprint density at radius 3 is 2.29 bits per heavy atom. The summed E-state index contributed by atoms with van der Waals surface area (Å²) >= 11 is 0. The van der Waals surface area contributed by atoms with E-state index in [1.54, 1.807) is 19.0 Å². The van der Waals surface area contributed by atoms with E-state index in [2.05, 4.69) is 0 Å². The lowest BCUT2D eigenvalue weighted by Gasteiger charge is -2.30. The van der Waals surface area contributed by atoms with Crippen LogP contribution in [-0.4, -0.2) is 66.1 Å². The van der Waals surface area contributed by atoms with Crippen molar-refractivity contribution in [3.8, 4) is 0 Å². The fraction of sp³-hybridized carbons (Fsp3) is 0.714. The monoisotopic (exact) mass is 297 g/mol. The third-order valence-corrected chi connectivity index (χ3v) is 3.52. The summed E-state index contributed by atoms with van der Waals surface area (Å²) < 4.78 is 0. The minimum atomic E-state index is -0.543. The number of hydrogen-bond donors (Lipinski definition) is 0. The van der Waals surface area contributed by atoms with Crippen LogP contribution in [0.1, 0.15) is 38.5 Å². The van der Waals surface area contributed by atoms with Gasteiger partial charge in [-0.1, -0.05) is 12.8 Å². The van der Waals surface area contributed by atoms with E-state index < -0.39 is 17.8 Å². The number of barbiturate groups is 1. The fourth-order valence-corrected chi connectivity index (χ4v) is 2.08. The summed E-state index contributed by atoms with van der Waals surface area (Å²) in [4.78, 5) is 49.8. The van der Waals surface area contributed by atoms with Crippen molar-refractivity contribution in [3.63, 3.8) is 0 Å². The predicted molar refractivity (Wildman–Crippen MR) is 76.3 cm³/mol. The SMILES string of the molecule is CN(C)C(=O)CCCCCCN1C(=O)CC(=O)N(C)C1=O. The van der Waals surface area contributed by atoms with Crippen molar-refractivity contribution in [1.82, 2.24) is 14.7 Å². The average molecular weight is 297 g/mol. The molecule has 0 aromatic heterocycles. The van der Waals surface area contributed by atoms with Crippen LogP contribution in [-0.2, 0) is 14.4 Å². The van der Waals surface area contributed by atoms with E-state index in [0.717, 1.165) is 29.1 Å². The lowest BCUT2D eigenvalue weighted by Crippen LogP contribution is -2.53. The van der Waals surface area contributed by atoms with E-state index >= 15 is 0 Å². The Hall–Kier alpha value is -1.92. The maximum Gasteiger partial charge on any atom is 0.333 e. The molecule has 0 radical (unpaired) electrons. The number of imide groups is 2. The van der Waals surface area contributed by atoms with E-state index in [1.807, 2.05) is 0 Å². The van der Waals surface area contributed by atoms with Gasteiger partial charge >= 0.3 is 6.03 Å². The Morgan fingerprint density at radius 2 is 1.67 bits per heavy atom. The second kappa shape index (κ2) is 7.75. The molecule has 1 saturated heterocycles. The third-order valence-electron chi connectivity index (χ3n) is 3.52. The van der Waals surface area contributed by atoms with Crippen LogP contribution in [0.2, 0.25) is 0 Å². The molecule has 0 spiro atoms. The first-order valence-electron chi connectivity index (χ1n) is 7.15. The average Bonchev–Trinajstić information content (AvgIpc) is 2.42. The van der Waals surface area contributed by atoms with E-state index in [4.69, 9.17) is 0 Å². The highest BCUT2D eigenvalue weighted by atomic mass is 16.2. The Kier molecular flexibility index (Phi) is 6.33. The maximum absolute atomic E-state index is 11.8.